The van der Waals surface area contributed by atoms with Crippen LogP contribution in [-0.2, 0) is 0 Å². The first-order valence-corrected chi connectivity index (χ1v) is 11.6. The number of nitrogens with zero attached hydrogens (tertiary/aromatic N) is 8. The third kappa shape index (κ3) is 3.90. The molecular formula is C26H24N8O. The van der Waals surface area contributed by atoms with Gasteiger partial charge in [-0.1, -0.05) is 36.4 Å². The molecule has 0 spiro atoms. The van der Waals surface area contributed by atoms with E-state index in [-0.39, 0.29) is 5.91 Å². The Bertz CT molecular complexity index is 1500. The van der Waals surface area contributed by atoms with E-state index in [0.717, 1.165) is 28.5 Å². The molecule has 6 rings (SSSR count). The van der Waals surface area contributed by atoms with Gasteiger partial charge in [0.15, 0.2) is 0 Å². The smallest absolute Gasteiger partial charge is 0.254 e. The average molecular weight is 465 g/mol. The zero-order valence-corrected chi connectivity index (χ0v) is 19.3. The molecule has 3 aromatic heterocycles. The lowest BCUT2D eigenvalue weighted by Gasteiger charge is -2.36. The third-order valence-electron chi connectivity index (χ3n) is 6.30. The Labute approximate surface area is 202 Å². The van der Waals surface area contributed by atoms with E-state index in [1.165, 1.54) is 6.33 Å². The molecule has 0 bridgehead atoms. The van der Waals surface area contributed by atoms with Crippen LogP contribution >= 0.6 is 0 Å². The molecular weight excluding hydrogens is 440 g/mol. The summed E-state index contributed by atoms with van der Waals surface area (Å²) < 4.78 is 3.63. The van der Waals surface area contributed by atoms with Gasteiger partial charge in [0.05, 0.1) is 17.6 Å². The maximum atomic E-state index is 13.4. The number of anilines is 1. The fourth-order valence-electron chi connectivity index (χ4n) is 4.56. The summed E-state index contributed by atoms with van der Waals surface area (Å²) in [5, 5.41) is 8.83. The normalized spacial score (nSPS) is 14.0. The Morgan fingerprint density at radius 2 is 1.71 bits per heavy atom. The Hall–Kier alpha value is -4.53. The number of benzene rings is 2. The van der Waals surface area contributed by atoms with Gasteiger partial charge in [0.1, 0.15) is 12.1 Å². The van der Waals surface area contributed by atoms with E-state index in [1.807, 2.05) is 71.1 Å². The molecule has 174 valence electrons. The van der Waals surface area contributed by atoms with Crippen molar-refractivity contribution in [3.8, 4) is 16.9 Å². The summed E-state index contributed by atoms with van der Waals surface area (Å²) in [4.78, 5) is 26.2. The molecule has 2 aromatic carbocycles. The molecule has 0 saturated carbocycles. The van der Waals surface area contributed by atoms with E-state index >= 15 is 0 Å². The van der Waals surface area contributed by atoms with Crippen molar-refractivity contribution in [3.05, 3.63) is 90.5 Å². The van der Waals surface area contributed by atoms with E-state index in [0.29, 0.717) is 37.5 Å². The van der Waals surface area contributed by atoms with Crippen LogP contribution in [0, 0.1) is 6.92 Å². The first-order chi connectivity index (χ1) is 17.2. The summed E-state index contributed by atoms with van der Waals surface area (Å²) in [6.07, 6.45) is 3.30. The van der Waals surface area contributed by atoms with E-state index in [4.69, 9.17) is 0 Å². The van der Waals surface area contributed by atoms with Gasteiger partial charge in [-0.25, -0.2) is 9.67 Å². The summed E-state index contributed by atoms with van der Waals surface area (Å²) in [5.41, 5.74) is 4.47. The van der Waals surface area contributed by atoms with Crippen LogP contribution in [0.2, 0.25) is 0 Å². The van der Waals surface area contributed by atoms with Crippen molar-refractivity contribution in [2.75, 3.05) is 31.1 Å². The van der Waals surface area contributed by atoms with Gasteiger partial charge in [-0.2, -0.15) is 19.7 Å². The lowest BCUT2D eigenvalue weighted by atomic mass is 10.1. The second kappa shape index (κ2) is 8.68. The number of hydrogen-bond acceptors (Lipinski definition) is 6. The SMILES string of the molecule is Cc1cc(N2CCN(C(=O)c3cccc(-n4nccc4-c4ccccc4)c3)CC2)n2ncnc2n1. The van der Waals surface area contributed by atoms with Crippen LogP contribution in [0.25, 0.3) is 22.7 Å². The van der Waals surface area contributed by atoms with Crippen LogP contribution in [0.4, 0.5) is 5.82 Å². The van der Waals surface area contributed by atoms with Gasteiger partial charge in [-0.15, -0.1) is 0 Å². The van der Waals surface area contributed by atoms with E-state index < -0.39 is 0 Å². The van der Waals surface area contributed by atoms with Crippen LogP contribution in [-0.4, -0.2) is 66.3 Å². The first-order valence-electron chi connectivity index (χ1n) is 11.6. The Morgan fingerprint density at radius 3 is 2.54 bits per heavy atom. The summed E-state index contributed by atoms with van der Waals surface area (Å²) in [5.74, 6) is 1.56. The molecule has 5 aromatic rings. The molecule has 0 aliphatic carbocycles. The molecule has 1 aliphatic rings. The highest BCUT2D eigenvalue weighted by atomic mass is 16.2. The summed E-state index contributed by atoms with van der Waals surface area (Å²) in [6.45, 7) is 4.62. The van der Waals surface area contributed by atoms with Gasteiger partial charge in [0, 0.05) is 49.1 Å². The highest BCUT2D eigenvalue weighted by molar-refractivity contribution is 5.95. The van der Waals surface area contributed by atoms with Crippen LogP contribution in [0.1, 0.15) is 16.1 Å². The van der Waals surface area contributed by atoms with Gasteiger partial charge in [0.2, 0.25) is 0 Å². The molecule has 0 atom stereocenters. The second-order valence-corrected chi connectivity index (χ2v) is 8.55. The molecule has 0 radical (unpaired) electrons. The largest absolute Gasteiger partial charge is 0.353 e. The van der Waals surface area contributed by atoms with Crippen molar-refractivity contribution < 1.29 is 4.79 Å². The monoisotopic (exact) mass is 464 g/mol. The number of amides is 1. The van der Waals surface area contributed by atoms with Crippen molar-refractivity contribution >= 4 is 17.5 Å². The van der Waals surface area contributed by atoms with Gasteiger partial charge in [-0.3, -0.25) is 4.79 Å². The number of piperazine rings is 1. The highest BCUT2D eigenvalue weighted by Crippen LogP contribution is 2.24. The molecule has 1 amide bonds. The number of carbonyl (C=O) groups is 1. The predicted molar refractivity (Wildman–Crippen MR) is 133 cm³/mol. The van der Waals surface area contributed by atoms with Crippen molar-refractivity contribution in [3.63, 3.8) is 0 Å². The van der Waals surface area contributed by atoms with Gasteiger partial charge >= 0.3 is 0 Å². The van der Waals surface area contributed by atoms with Crippen molar-refractivity contribution in [1.29, 1.82) is 0 Å². The number of aryl methyl sites for hydroxylation is 1. The Kier molecular flexibility index (Phi) is 5.21. The third-order valence-corrected chi connectivity index (χ3v) is 6.30. The number of hydrogen-bond donors (Lipinski definition) is 0. The quantitative estimate of drug-likeness (QED) is 0.406. The molecule has 4 heterocycles. The fraction of sp³-hybridized carbons (Fsp3) is 0.192. The average Bonchev–Trinajstić information content (AvgIpc) is 3.58. The number of fused-ring (bicyclic) bond motifs is 1. The minimum atomic E-state index is 0.0247. The zero-order valence-electron chi connectivity index (χ0n) is 19.3. The maximum Gasteiger partial charge on any atom is 0.254 e. The molecule has 0 unspecified atom stereocenters. The van der Waals surface area contributed by atoms with Crippen LogP contribution in [0.5, 0.6) is 0 Å². The van der Waals surface area contributed by atoms with Crippen molar-refractivity contribution in [2.24, 2.45) is 0 Å². The molecule has 9 nitrogen and oxygen atoms in total. The van der Waals surface area contributed by atoms with Gasteiger partial charge in [-0.05, 0) is 31.2 Å². The van der Waals surface area contributed by atoms with Crippen LogP contribution < -0.4 is 4.90 Å². The highest BCUT2D eigenvalue weighted by Gasteiger charge is 2.24. The Morgan fingerprint density at radius 1 is 0.886 bits per heavy atom. The van der Waals surface area contributed by atoms with Crippen molar-refractivity contribution in [1.82, 2.24) is 34.3 Å². The maximum absolute atomic E-state index is 13.4. The molecule has 1 saturated heterocycles. The molecule has 9 heteroatoms. The first kappa shape index (κ1) is 21.0. The Balaban J connectivity index is 1.21. The number of rotatable bonds is 4. The van der Waals surface area contributed by atoms with Gasteiger partial charge in [0.25, 0.3) is 11.7 Å². The summed E-state index contributed by atoms with van der Waals surface area (Å²) in [6, 6.07) is 21.8. The topological polar surface area (TPSA) is 84.5 Å². The van der Waals surface area contributed by atoms with Crippen LogP contribution in [0.3, 0.4) is 0 Å². The molecule has 0 N–H and O–H groups in total. The van der Waals surface area contributed by atoms with E-state index in [1.54, 1.807) is 10.7 Å². The van der Waals surface area contributed by atoms with Crippen molar-refractivity contribution in [2.45, 2.75) is 6.92 Å². The van der Waals surface area contributed by atoms with E-state index in [9.17, 15) is 4.79 Å². The van der Waals surface area contributed by atoms with Gasteiger partial charge < -0.3 is 9.80 Å². The fourth-order valence-corrected chi connectivity index (χ4v) is 4.56. The lowest BCUT2D eigenvalue weighted by molar-refractivity contribution is 0.0746. The predicted octanol–water partition coefficient (Wildman–Crippen LogP) is 3.25. The van der Waals surface area contributed by atoms with E-state index in [2.05, 4.69) is 37.2 Å². The van der Waals surface area contributed by atoms with Crippen LogP contribution in [0.15, 0.2) is 79.3 Å². The standard InChI is InChI=1S/C26H24N8O/c1-19-16-24(34-26(30-19)27-18-29-34)31-12-14-32(15-13-31)25(35)21-8-5-9-22(17-21)33-23(10-11-28-33)20-6-3-2-4-7-20/h2-11,16-18H,12-15H2,1H3. The number of aromatic nitrogens is 6. The summed E-state index contributed by atoms with van der Waals surface area (Å²) in [7, 11) is 0. The molecule has 35 heavy (non-hydrogen) atoms. The minimum absolute atomic E-state index is 0.0247. The molecule has 1 fully saturated rings. The zero-order chi connectivity index (χ0) is 23.8. The minimum Gasteiger partial charge on any atom is -0.353 e. The lowest BCUT2D eigenvalue weighted by Crippen LogP contribution is -2.49. The summed E-state index contributed by atoms with van der Waals surface area (Å²) >= 11 is 0. The second-order valence-electron chi connectivity index (χ2n) is 8.55. The molecule has 1 aliphatic heterocycles. The number of carbonyl (C=O) groups excluding carboxylic acids is 1.